The first-order valence-corrected chi connectivity index (χ1v) is 17.2. The van der Waals surface area contributed by atoms with Gasteiger partial charge in [0.2, 0.25) is 0 Å². The lowest BCUT2D eigenvalue weighted by Gasteiger charge is -2.13. The molecule has 0 amide bonds. The first-order chi connectivity index (χ1) is 24.7. The highest BCUT2D eigenvalue weighted by molar-refractivity contribution is 6.14. The average molecular weight is 639 g/mol. The minimum absolute atomic E-state index is 0.958. The molecular weight excluding hydrogens is 605 g/mol. The second-order valence-electron chi connectivity index (χ2n) is 12.8. The van der Waals surface area contributed by atoms with E-state index in [0.29, 0.717) is 0 Å². The molecule has 2 heterocycles. The van der Waals surface area contributed by atoms with Crippen molar-refractivity contribution in [3.05, 3.63) is 188 Å². The molecule has 0 aliphatic rings. The van der Waals surface area contributed by atoms with E-state index in [2.05, 4.69) is 186 Å². The van der Waals surface area contributed by atoms with Crippen LogP contribution in [-0.4, -0.2) is 9.38 Å². The summed E-state index contributed by atoms with van der Waals surface area (Å²) >= 11 is 0. The summed E-state index contributed by atoms with van der Waals surface area (Å²) in [5.74, 6) is 0. The van der Waals surface area contributed by atoms with Crippen LogP contribution in [-0.2, 0) is 0 Å². The van der Waals surface area contributed by atoms with Crippen LogP contribution in [0.25, 0.3) is 88.9 Å². The molecule has 0 saturated carbocycles. The Balaban J connectivity index is 1.27. The zero-order valence-electron chi connectivity index (χ0n) is 27.8. The Hall–Kier alpha value is -6.51. The smallest absolute Gasteiger partial charge is 0.146 e. The number of nitrogens with zero attached hydrogens (tertiary/aromatic N) is 2. The Morgan fingerprint density at radius 3 is 1.90 bits per heavy atom. The molecule has 0 bridgehead atoms. The lowest BCUT2D eigenvalue weighted by molar-refractivity contribution is 1.27. The molecule has 7 aromatic carbocycles. The number of aromatic nitrogens is 2. The molecule has 2 nitrogen and oxygen atoms in total. The number of pyridine rings is 1. The highest BCUT2D eigenvalue weighted by Gasteiger charge is 2.21. The van der Waals surface area contributed by atoms with E-state index in [0.717, 1.165) is 44.6 Å². The van der Waals surface area contributed by atoms with E-state index in [4.69, 9.17) is 4.98 Å². The van der Waals surface area contributed by atoms with Crippen molar-refractivity contribution in [1.29, 1.82) is 0 Å². The number of para-hydroxylation sites is 1. The molecule has 0 aliphatic heterocycles. The number of hydrogen-bond acceptors (Lipinski definition) is 1. The third-order valence-corrected chi connectivity index (χ3v) is 9.70. The Bertz CT molecular complexity index is 2730. The molecule has 236 valence electrons. The van der Waals surface area contributed by atoms with Crippen molar-refractivity contribution in [2.45, 2.75) is 6.92 Å². The molecule has 0 saturated heterocycles. The zero-order valence-corrected chi connectivity index (χ0v) is 27.8. The fourth-order valence-electron chi connectivity index (χ4n) is 7.19. The van der Waals surface area contributed by atoms with Crippen LogP contribution in [0.5, 0.6) is 0 Å². The Morgan fingerprint density at radius 1 is 0.460 bits per heavy atom. The molecule has 0 radical (unpaired) electrons. The standard InChI is InChI=1S/C48H34N2/c1-2-3-5-12-33-19-21-38(22-20-33)47-46(41-28-27-35-15-8-9-16-39(35)31-41)49-48-43-30-29-40(32-44(43)42-17-10-11-18-45(42)50(47)48)37-25-23-36(24-26-37)34-13-6-4-7-14-34/h2-32H,1H3/b3-2-,12-5-. The highest BCUT2D eigenvalue weighted by atomic mass is 15.0. The lowest BCUT2D eigenvalue weighted by atomic mass is 9.97. The Kier molecular flexibility index (Phi) is 7.40. The summed E-state index contributed by atoms with van der Waals surface area (Å²) in [5.41, 5.74) is 12.4. The lowest BCUT2D eigenvalue weighted by Crippen LogP contribution is -1.95. The van der Waals surface area contributed by atoms with Crippen LogP contribution in [0.4, 0.5) is 0 Å². The zero-order chi connectivity index (χ0) is 33.4. The van der Waals surface area contributed by atoms with Gasteiger partial charge in [-0.2, -0.15) is 0 Å². The third kappa shape index (κ3) is 5.19. The van der Waals surface area contributed by atoms with Crippen LogP contribution in [0.15, 0.2) is 182 Å². The number of rotatable bonds is 6. The predicted molar refractivity (Wildman–Crippen MR) is 213 cm³/mol. The Labute approximate surface area is 291 Å². The molecule has 9 rings (SSSR count). The summed E-state index contributed by atoms with van der Waals surface area (Å²) in [6.45, 7) is 2.03. The molecule has 2 heteroatoms. The van der Waals surface area contributed by atoms with Gasteiger partial charge in [-0.15, -0.1) is 0 Å². The summed E-state index contributed by atoms with van der Waals surface area (Å²) in [5, 5.41) is 5.96. The van der Waals surface area contributed by atoms with E-state index in [1.165, 1.54) is 43.8 Å². The van der Waals surface area contributed by atoms with E-state index < -0.39 is 0 Å². The quantitative estimate of drug-likeness (QED) is 0.131. The number of fused-ring (bicyclic) bond motifs is 7. The predicted octanol–water partition coefficient (Wildman–Crippen LogP) is 13.1. The fourth-order valence-corrected chi connectivity index (χ4v) is 7.19. The minimum atomic E-state index is 0.958. The van der Waals surface area contributed by atoms with Gasteiger partial charge in [-0.1, -0.05) is 164 Å². The summed E-state index contributed by atoms with van der Waals surface area (Å²) in [7, 11) is 0. The van der Waals surface area contributed by atoms with Gasteiger partial charge in [0, 0.05) is 21.9 Å². The van der Waals surface area contributed by atoms with E-state index in [1.807, 2.05) is 13.0 Å². The van der Waals surface area contributed by atoms with Crippen molar-refractivity contribution >= 4 is 44.2 Å². The van der Waals surface area contributed by atoms with Gasteiger partial charge >= 0.3 is 0 Å². The molecular formula is C48H34N2. The summed E-state index contributed by atoms with van der Waals surface area (Å²) in [6.07, 6.45) is 8.31. The SMILES string of the molecule is C/C=C\C=C/c1ccc(-c2c(-c3ccc4ccccc4c3)nc3c4ccc(-c5ccc(-c6ccccc6)cc5)cc4c4ccccc4n23)cc1. The van der Waals surface area contributed by atoms with Gasteiger partial charge in [0.15, 0.2) is 0 Å². The van der Waals surface area contributed by atoms with Gasteiger partial charge in [0.25, 0.3) is 0 Å². The molecule has 2 aromatic heterocycles. The van der Waals surface area contributed by atoms with Gasteiger partial charge in [-0.25, -0.2) is 4.98 Å². The molecule has 9 aromatic rings. The first-order valence-electron chi connectivity index (χ1n) is 17.2. The monoisotopic (exact) mass is 638 g/mol. The molecule has 0 fully saturated rings. The second kappa shape index (κ2) is 12.5. The molecule has 0 unspecified atom stereocenters. The second-order valence-corrected chi connectivity index (χ2v) is 12.8. The van der Waals surface area contributed by atoms with Crippen LogP contribution in [0, 0.1) is 0 Å². The topological polar surface area (TPSA) is 17.3 Å². The van der Waals surface area contributed by atoms with E-state index in [-0.39, 0.29) is 0 Å². The number of allylic oxidation sites excluding steroid dienone is 3. The maximum absolute atomic E-state index is 5.51. The molecule has 0 N–H and O–H groups in total. The van der Waals surface area contributed by atoms with Crippen molar-refractivity contribution in [3.8, 4) is 44.8 Å². The molecule has 0 spiro atoms. The summed E-state index contributed by atoms with van der Waals surface area (Å²) in [4.78, 5) is 5.51. The summed E-state index contributed by atoms with van der Waals surface area (Å²) < 4.78 is 2.38. The van der Waals surface area contributed by atoms with Crippen LogP contribution >= 0.6 is 0 Å². The normalized spacial score (nSPS) is 11.9. The van der Waals surface area contributed by atoms with E-state index in [9.17, 15) is 0 Å². The van der Waals surface area contributed by atoms with Crippen molar-refractivity contribution in [2.24, 2.45) is 0 Å². The van der Waals surface area contributed by atoms with Crippen LogP contribution in [0.1, 0.15) is 12.5 Å². The van der Waals surface area contributed by atoms with Crippen molar-refractivity contribution in [1.82, 2.24) is 9.38 Å². The van der Waals surface area contributed by atoms with Crippen molar-refractivity contribution < 1.29 is 0 Å². The molecule has 0 atom stereocenters. The number of benzene rings is 7. The highest BCUT2D eigenvalue weighted by Crippen LogP contribution is 2.41. The summed E-state index contributed by atoms with van der Waals surface area (Å²) in [6, 6.07) is 59.1. The van der Waals surface area contributed by atoms with Gasteiger partial charge in [-0.05, 0) is 75.2 Å². The van der Waals surface area contributed by atoms with Gasteiger partial charge in [-0.3, -0.25) is 4.40 Å². The maximum atomic E-state index is 5.51. The van der Waals surface area contributed by atoms with Crippen LogP contribution in [0.2, 0.25) is 0 Å². The third-order valence-electron chi connectivity index (χ3n) is 9.70. The maximum Gasteiger partial charge on any atom is 0.146 e. The molecule has 0 aliphatic carbocycles. The largest absolute Gasteiger partial charge is 0.291 e. The van der Waals surface area contributed by atoms with Crippen molar-refractivity contribution in [3.63, 3.8) is 0 Å². The average Bonchev–Trinajstić information content (AvgIpc) is 3.60. The number of hydrogen-bond donors (Lipinski definition) is 0. The Morgan fingerprint density at radius 2 is 1.10 bits per heavy atom. The van der Waals surface area contributed by atoms with Crippen LogP contribution in [0.3, 0.4) is 0 Å². The van der Waals surface area contributed by atoms with E-state index >= 15 is 0 Å². The van der Waals surface area contributed by atoms with Gasteiger partial charge in [0.1, 0.15) is 5.65 Å². The minimum Gasteiger partial charge on any atom is -0.291 e. The number of imidazole rings is 1. The molecule has 50 heavy (non-hydrogen) atoms. The van der Waals surface area contributed by atoms with Gasteiger partial charge in [0.05, 0.1) is 16.9 Å². The fraction of sp³-hybridized carbons (Fsp3) is 0.0208. The van der Waals surface area contributed by atoms with Crippen LogP contribution < -0.4 is 0 Å². The first kappa shape index (κ1) is 29.6. The van der Waals surface area contributed by atoms with E-state index in [1.54, 1.807) is 0 Å². The van der Waals surface area contributed by atoms with Gasteiger partial charge < -0.3 is 0 Å². The van der Waals surface area contributed by atoms with Crippen molar-refractivity contribution in [2.75, 3.05) is 0 Å².